The molecule has 3 nitrogen and oxygen atoms in total. The second-order valence-electron chi connectivity index (χ2n) is 6.38. The van der Waals surface area contributed by atoms with Gasteiger partial charge in [0.1, 0.15) is 0 Å². The highest BCUT2D eigenvalue weighted by Crippen LogP contribution is 2.35. The van der Waals surface area contributed by atoms with E-state index in [2.05, 4.69) is 23.1 Å². The van der Waals surface area contributed by atoms with Crippen molar-refractivity contribution >= 4 is 11.7 Å². The molecule has 1 aliphatic carbocycles. The minimum atomic E-state index is -0.718. The number of carboxylic acids is 1. The van der Waals surface area contributed by atoms with Crippen LogP contribution >= 0.6 is 0 Å². The Morgan fingerprint density at radius 3 is 2.90 bits per heavy atom. The fourth-order valence-corrected chi connectivity index (χ4v) is 3.33. The average molecular weight is 273 g/mol. The van der Waals surface area contributed by atoms with Crippen molar-refractivity contribution in [2.75, 3.05) is 18.0 Å². The SMILES string of the molecule is CC(CC(=O)O)c1ccc2c(c1)N(CC1CCC1)CC2. The third-order valence-corrected chi connectivity index (χ3v) is 4.85. The summed E-state index contributed by atoms with van der Waals surface area (Å²) in [6.07, 6.45) is 5.49. The molecule has 3 rings (SSSR count). The lowest BCUT2D eigenvalue weighted by Crippen LogP contribution is -2.31. The third-order valence-electron chi connectivity index (χ3n) is 4.85. The maximum Gasteiger partial charge on any atom is 0.303 e. The second-order valence-corrected chi connectivity index (χ2v) is 6.38. The molecule has 1 aromatic rings. The van der Waals surface area contributed by atoms with Gasteiger partial charge in [-0.3, -0.25) is 4.79 Å². The number of fused-ring (bicyclic) bond motifs is 1. The van der Waals surface area contributed by atoms with Gasteiger partial charge < -0.3 is 10.0 Å². The van der Waals surface area contributed by atoms with Gasteiger partial charge in [0.15, 0.2) is 0 Å². The van der Waals surface area contributed by atoms with Crippen molar-refractivity contribution < 1.29 is 9.90 Å². The molecule has 1 saturated carbocycles. The molecule has 2 aliphatic rings. The first-order valence-electron chi connectivity index (χ1n) is 7.73. The summed E-state index contributed by atoms with van der Waals surface area (Å²) in [5.74, 6) is 0.245. The van der Waals surface area contributed by atoms with Gasteiger partial charge in [0.05, 0.1) is 6.42 Å². The zero-order chi connectivity index (χ0) is 14.1. The number of hydrogen-bond donors (Lipinski definition) is 1. The largest absolute Gasteiger partial charge is 0.481 e. The van der Waals surface area contributed by atoms with Crippen molar-refractivity contribution in [2.24, 2.45) is 5.92 Å². The van der Waals surface area contributed by atoms with E-state index >= 15 is 0 Å². The van der Waals surface area contributed by atoms with E-state index in [-0.39, 0.29) is 12.3 Å². The van der Waals surface area contributed by atoms with Gasteiger partial charge >= 0.3 is 5.97 Å². The molecule has 1 aromatic carbocycles. The van der Waals surface area contributed by atoms with E-state index in [9.17, 15) is 4.79 Å². The minimum absolute atomic E-state index is 0.0870. The van der Waals surface area contributed by atoms with E-state index in [1.54, 1.807) is 0 Å². The van der Waals surface area contributed by atoms with Crippen molar-refractivity contribution in [3.63, 3.8) is 0 Å². The van der Waals surface area contributed by atoms with E-state index in [1.807, 2.05) is 6.92 Å². The van der Waals surface area contributed by atoms with E-state index in [4.69, 9.17) is 5.11 Å². The van der Waals surface area contributed by atoms with Crippen LogP contribution in [0.25, 0.3) is 0 Å². The molecule has 0 amide bonds. The Bertz CT molecular complexity index is 508. The van der Waals surface area contributed by atoms with Crippen molar-refractivity contribution in [3.05, 3.63) is 29.3 Å². The highest BCUT2D eigenvalue weighted by molar-refractivity contribution is 5.68. The van der Waals surface area contributed by atoms with Crippen LogP contribution in [0.5, 0.6) is 0 Å². The Labute approximate surface area is 120 Å². The van der Waals surface area contributed by atoms with Crippen LogP contribution in [0.1, 0.15) is 49.7 Å². The molecule has 1 fully saturated rings. The van der Waals surface area contributed by atoms with Crippen LogP contribution in [0.2, 0.25) is 0 Å². The second kappa shape index (κ2) is 5.47. The molecule has 20 heavy (non-hydrogen) atoms. The van der Waals surface area contributed by atoms with Crippen molar-refractivity contribution in [3.8, 4) is 0 Å². The smallest absolute Gasteiger partial charge is 0.303 e. The molecular formula is C17H23NO2. The zero-order valence-corrected chi connectivity index (χ0v) is 12.1. The summed E-state index contributed by atoms with van der Waals surface area (Å²) in [4.78, 5) is 13.4. The molecule has 1 atom stereocenters. The zero-order valence-electron chi connectivity index (χ0n) is 12.1. The Morgan fingerprint density at radius 2 is 2.25 bits per heavy atom. The Hall–Kier alpha value is -1.51. The van der Waals surface area contributed by atoms with E-state index in [0.717, 1.165) is 24.4 Å². The van der Waals surface area contributed by atoms with Crippen LogP contribution in [-0.2, 0) is 11.2 Å². The molecule has 0 radical (unpaired) electrons. The summed E-state index contributed by atoms with van der Waals surface area (Å²) in [6.45, 7) is 4.31. The van der Waals surface area contributed by atoms with E-state index in [1.165, 1.54) is 37.1 Å². The molecule has 0 bridgehead atoms. The summed E-state index contributed by atoms with van der Waals surface area (Å²) >= 11 is 0. The van der Waals surface area contributed by atoms with Gasteiger partial charge in [-0.15, -0.1) is 0 Å². The van der Waals surface area contributed by atoms with Crippen LogP contribution in [0, 0.1) is 5.92 Å². The molecular weight excluding hydrogens is 250 g/mol. The van der Waals surface area contributed by atoms with E-state index in [0.29, 0.717) is 0 Å². The topological polar surface area (TPSA) is 40.5 Å². The first kappa shape index (κ1) is 13.5. The van der Waals surface area contributed by atoms with Gasteiger partial charge in [-0.1, -0.05) is 25.5 Å². The number of aliphatic carboxylic acids is 1. The molecule has 0 aromatic heterocycles. The van der Waals surface area contributed by atoms with Gasteiger partial charge in [0.25, 0.3) is 0 Å². The fraction of sp³-hybridized carbons (Fsp3) is 0.588. The number of carbonyl (C=O) groups is 1. The lowest BCUT2D eigenvalue weighted by molar-refractivity contribution is -0.137. The summed E-state index contributed by atoms with van der Waals surface area (Å²) in [5, 5.41) is 8.94. The molecule has 1 heterocycles. The van der Waals surface area contributed by atoms with Gasteiger partial charge in [0.2, 0.25) is 0 Å². The molecule has 1 unspecified atom stereocenters. The lowest BCUT2D eigenvalue weighted by atomic mass is 9.85. The van der Waals surface area contributed by atoms with Gasteiger partial charge in [0, 0.05) is 18.8 Å². The molecule has 3 heteroatoms. The third kappa shape index (κ3) is 2.67. The van der Waals surface area contributed by atoms with Crippen molar-refractivity contribution in [2.45, 2.75) is 44.9 Å². The van der Waals surface area contributed by atoms with Gasteiger partial charge in [-0.05, 0) is 48.3 Å². The Morgan fingerprint density at radius 1 is 1.45 bits per heavy atom. The molecule has 1 N–H and O–H groups in total. The lowest BCUT2D eigenvalue weighted by Gasteiger charge is -2.31. The van der Waals surface area contributed by atoms with Crippen LogP contribution in [0.15, 0.2) is 18.2 Å². The Kier molecular flexibility index (Phi) is 3.68. The number of rotatable bonds is 5. The van der Waals surface area contributed by atoms with Gasteiger partial charge in [-0.25, -0.2) is 0 Å². The van der Waals surface area contributed by atoms with Crippen LogP contribution in [0.4, 0.5) is 5.69 Å². The van der Waals surface area contributed by atoms with Crippen LogP contribution in [-0.4, -0.2) is 24.2 Å². The maximum atomic E-state index is 10.9. The van der Waals surface area contributed by atoms with E-state index < -0.39 is 5.97 Å². The summed E-state index contributed by atoms with van der Waals surface area (Å²) in [7, 11) is 0. The quantitative estimate of drug-likeness (QED) is 0.893. The average Bonchev–Trinajstić information content (AvgIpc) is 2.75. The van der Waals surface area contributed by atoms with Crippen molar-refractivity contribution in [1.82, 2.24) is 0 Å². The van der Waals surface area contributed by atoms with Crippen LogP contribution in [0.3, 0.4) is 0 Å². The number of nitrogens with zero attached hydrogens (tertiary/aromatic N) is 1. The van der Waals surface area contributed by atoms with Crippen LogP contribution < -0.4 is 4.90 Å². The standard InChI is InChI=1S/C17H23NO2/c1-12(9-17(19)20)15-6-5-14-7-8-18(16(14)10-15)11-13-3-2-4-13/h5-6,10,12-13H,2-4,7-9,11H2,1H3,(H,19,20). The number of anilines is 1. The maximum absolute atomic E-state index is 10.9. The predicted octanol–water partition coefficient (Wildman–Crippen LogP) is 3.43. The summed E-state index contributed by atoms with van der Waals surface area (Å²) < 4.78 is 0. The number of carboxylic acid groups (broad SMARTS) is 1. The first-order chi connectivity index (χ1) is 9.63. The van der Waals surface area contributed by atoms with Gasteiger partial charge in [-0.2, -0.15) is 0 Å². The number of benzene rings is 1. The molecule has 108 valence electrons. The molecule has 1 aliphatic heterocycles. The predicted molar refractivity (Wildman–Crippen MR) is 80.4 cm³/mol. The molecule has 0 spiro atoms. The highest BCUT2D eigenvalue weighted by Gasteiger charge is 2.26. The summed E-state index contributed by atoms with van der Waals surface area (Å²) in [6, 6.07) is 6.54. The highest BCUT2D eigenvalue weighted by atomic mass is 16.4. The fourth-order valence-electron chi connectivity index (χ4n) is 3.33. The Balaban J connectivity index is 1.76. The number of hydrogen-bond acceptors (Lipinski definition) is 2. The minimum Gasteiger partial charge on any atom is -0.481 e. The normalized spacial score (nSPS) is 19.6. The molecule has 0 saturated heterocycles. The van der Waals surface area contributed by atoms with Crippen molar-refractivity contribution in [1.29, 1.82) is 0 Å². The monoisotopic (exact) mass is 273 g/mol. The first-order valence-corrected chi connectivity index (χ1v) is 7.73. The summed E-state index contributed by atoms with van der Waals surface area (Å²) in [5.41, 5.74) is 3.94.